The molecule has 11 heteroatoms. The van der Waals surface area contributed by atoms with Crippen molar-refractivity contribution in [2.24, 2.45) is 11.8 Å². The lowest BCUT2D eigenvalue weighted by Gasteiger charge is -2.39. The summed E-state index contributed by atoms with van der Waals surface area (Å²) >= 11 is 0. The maximum Gasteiger partial charge on any atom is 0.277 e. The van der Waals surface area contributed by atoms with Crippen LogP contribution in [0.3, 0.4) is 0 Å². The predicted octanol–water partition coefficient (Wildman–Crippen LogP) is 3.14. The molecule has 1 aliphatic rings. The number of carbonyl (C=O) groups excluding carboxylic acids is 3. The fourth-order valence-corrected chi connectivity index (χ4v) is 5.19. The van der Waals surface area contributed by atoms with E-state index in [1.54, 1.807) is 34.6 Å². The van der Waals surface area contributed by atoms with Crippen LogP contribution in [0.2, 0.25) is 0 Å². The van der Waals surface area contributed by atoms with Gasteiger partial charge in [0.2, 0.25) is 11.8 Å². The zero-order valence-electron chi connectivity index (χ0n) is 24.1. The van der Waals surface area contributed by atoms with E-state index >= 15 is 0 Å². The van der Waals surface area contributed by atoms with Crippen LogP contribution in [0.4, 0.5) is 11.5 Å². The minimum absolute atomic E-state index is 0.00236. The number of fused-ring (bicyclic) bond motifs is 1. The molecule has 1 saturated heterocycles. The minimum atomic E-state index is -0.444. The number of anilines is 2. The van der Waals surface area contributed by atoms with Gasteiger partial charge in [-0.15, -0.1) is 0 Å². The number of hydrogen-bond donors (Lipinski definition) is 2. The number of hydrogen-bond acceptors (Lipinski definition) is 7. The van der Waals surface area contributed by atoms with Crippen LogP contribution >= 0.6 is 0 Å². The molecule has 3 aromatic rings. The third-order valence-electron chi connectivity index (χ3n) is 7.96. The molecule has 4 rings (SSSR count). The highest BCUT2D eigenvalue weighted by atomic mass is 16.2. The Kier molecular flexibility index (Phi) is 8.22. The molecule has 1 aromatic carbocycles. The first-order chi connectivity index (χ1) is 18.9. The Morgan fingerprint density at radius 3 is 2.55 bits per heavy atom. The fourth-order valence-electron chi connectivity index (χ4n) is 5.19. The second kappa shape index (κ2) is 11.4. The molecule has 0 spiro atoms. The number of rotatable bonds is 7. The van der Waals surface area contributed by atoms with Gasteiger partial charge in [0.15, 0.2) is 11.3 Å². The Morgan fingerprint density at radius 1 is 1.18 bits per heavy atom. The van der Waals surface area contributed by atoms with Crippen LogP contribution < -0.4 is 11.1 Å². The van der Waals surface area contributed by atoms with Crippen LogP contribution in [0.25, 0.3) is 11.0 Å². The number of nitrogens with two attached hydrogens (primary N) is 1. The van der Waals surface area contributed by atoms with E-state index in [4.69, 9.17) is 10.8 Å². The normalized spacial score (nSPS) is 17.2. The Hall–Kier alpha value is -4.28. The van der Waals surface area contributed by atoms with Gasteiger partial charge in [-0.3, -0.25) is 14.4 Å². The van der Waals surface area contributed by atoms with Crippen LogP contribution in [-0.2, 0) is 16.0 Å². The molecule has 1 fully saturated rings. The van der Waals surface area contributed by atoms with Crippen molar-refractivity contribution >= 4 is 40.3 Å². The largest absolute Gasteiger partial charge is 0.383 e. The lowest BCUT2D eigenvalue weighted by atomic mass is 9.85. The average Bonchev–Trinajstić information content (AvgIpc) is 3.33. The summed E-state index contributed by atoms with van der Waals surface area (Å²) in [6.07, 6.45) is 3.73. The van der Waals surface area contributed by atoms with Crippen LogP contribution in [0, 0.1) is 25.7 Å². The summed E-state index contributed by atoms with van der Waals surface area (Å²) in [5.41, 5.74) is 10.1. The molecule has 3 heterocycles. The van der Waals surface area contributed by atoms with Crippen LogP contribution in [0.5, 0.6) is 0 Å². The topological polar surface area (TPSA) is 139 Å². The molecule has 0 bridgehead atoms. The molecule has 0 saturated carbocycles. The third-order valence-corrected chi connectivity index (χ3v) is 7.96. The first-order valence-corrected chi connectivity index (χ1v) is 13.4. The van der Waals surface area contributed by atoms with Gasteiger partial charge in [0.05, 0.1) is 17.8 Å². The number of likely N-dealkylation sites (tertiary alicyclic amines) is 1. The van der Waals surface area contributed by atoms with Crippen molar-refractivity contribution in [3.8, 4) is 0 Å². The number of likely N-dealkylation sites (N-methyl/N-ethyl adjacent to an activating group) is 1. The van der Waals surface area contributed by atoms with E-state index in [0.717, 1.165) is 23.1 Å². The number of benzene rings is 1. The van der Waals surface area contributed by atoms with Crippen molar-refractivity contribution in [1.29, 1.82) is 0 Å². The van der Waals surface area contributed by atoms with Crippen molar-refractivity contribution < 1.29 is 14.4 Å². The van der Waals surface area contributed by atoms with E-state index in [0.29, 0.717) is 35.7 Å². The summed E-state index contributed by atoms with van der Waals surface area (Å²) in [6, 6.07) is 3.44. The molecule has 3 amide bonds. The number of aromatic nitrogens is 4. The van der Waals surface area contributed by atoms with Gasteiger partial charge in [-0.1, -0.05) is 26.5 Å². The Morgan fingerprint density at radius 2 is 1.90 bits per heavy atom. The highest BCUT2D eigenvalue weighted by Gasteiger charge is 2.34. The van der Waals surface area contributed by atoms with Gasteiger partial charge in [0, 0.05) is 32.9 Å². The van der Waals surface area contributed by atoms with Gasteiger partial charge >= 0.3 is 0 Å². The third kappa shape index (κ3) is 5.54. The maximum absolute atomic E-state index is 13.6. The summed E-state index contributed by atoms with van der Waals surface area (Å²) in [7, 11) is 3.45. The molecule has 212 valence electrons. The first kappa shape index (κ1) is 28.7. The van der Waals surface area contributed by atoms with Gasteiger partial charge in [-0.25, -0.2) is 14.6 Å². The number of piperidine rings is 1. The van der Waals surface area contributed by atoms with E-state index in [-0.39, 0.29) is 41.7 Å². The van der Waals surface area contributed by atoms with Crippen LogP contribution in [0.15, 0.2) is 31.1 Å². The second-order valence-corrected chi connectivity index (χ2v) is 11.0. The fraction of sp³-hybridized carbons (Fsp3) is 0.448. The molecular formula is C29H38N8O3. The zero-order valence-corrected chi connectivity index (χ0v) is 24.1. The second-order valence-electron chi connectivity index (χ2n) is 11.0. The van der Waals surface area contributed by atoms with Crippen molar-refractivity contribution in [1.82, 2.24) is 29.5 Å². The summed E-state index contributed by atoms with van der Waals surface area (Å²) < 4.78 is 1.72. The summed E-state index contributed by atoms with van der Waals surface area (Å²) in [5, 5.41) is 8.06. The number of nitrogens with one attached hydrogen (secondary N) is 1. The summed E-state index contributed by atoms with van der Waals surface area (Å²) in [4.78, 5) is 50.4. The first-order valence-electron chi connectivity index (χ1n) is 13.4. The van der Waals surface area contributed by atoms with Gasteiger partial charge in [-0.2, -0.15) is 5.10 Å². The van der Waals surface area contributed by atoms with E-state index in [9.17, 15) is 14.4 Å². The summed E-state index contributed by atoms with van der Waals surface area (Å²) in [6.45, 7) is 12.8. The van der Waals surface area contributed by atoms with Crippen LogP contribution in [-0.4, -0.2) is 74.5 Å². The van der Waals surface area contributed by atoms with Crippen molar-refractivity contribution in [3.63, 3.8) is 0 Å². The Balaban J connectivity index is 1.70. The molecule has 0 radical (unpaired) electrons. The standard InChI is InChI=1S/C29H38N8O3/c1-8-23(38)36-13-20(16(2)3)11-21(14-36)37-28-25(27(30)31-15-32-28)26(34-37)29(40)33-22-10-9-19(17(4)18(22)5)12-24(39)35(6)7/h8-10,15-16,20-21H,1,11-14H2,2-7H3,(H,33,40)(H2,30,31,32). The Labute approximate surface area is 234 Å². The molecule has 2 atom stereocenters. The molecule has 0 aliphatic carbocycles. The average molecular weight is 547 g/mol. The van der Waals surface area contributed by atoms with Crippen LogP contribution in [0.1, 0.15) is 53.5 Å². The predicted molar refractivity (Wildman–Crippen MR) is 155 cm³/mol. The van der Waals surface area contributed by atoms with Crippen molar-refractivity contribution in [2.45, 2.75) is 46.6 Å². The molecule has 3 N–H and O–H groups in total. The quantitative estimate of drug-likeness (QED) is 0.434. The lowest BCUT2D eigenvalue weighted by molar-refractivity contribution is -0.129. The van der Waals surface area contributed by atoms with Gasteiger partial charge < -0.3 is 20.9 Å². The zero-order chi connectivity index (χ0) is 29.3. The molecule has 1 aliphatic heterocycles. The van der Waals surface area contributed by atoms with Gasteiger partial charge in [-0.05, 0) is 60.9 Å². The maximum atomic E-state index is 13.6. The number of nitrogen functional groups attached to an aromatic ring is 1. The molecule has 2 aromatic heterocycles. The van der Waals surface area contributed by atoms with E-state index in [1.165, 1.54) is 12.4 Å². The smallest absolute Gasteiger partial charge is 0.277 e. The molecule has 40 heavy (non-hydrogen) atoms. The number of nitrogens with zero attached hydrogens (tertiary/aromatic N) is 6. The SMILES string of the molecule is C=CC(=O)N1CC(C(C)C)CC(n2nc(C(=O)Nc3ccc(CC(=O)N(C)C)c(C)c3C)c3c(N)ncnc32)C1. The van der Waals surface area contributed by atoms with Gasteiger partial charge in [0.25, 0.3) is 5.91 Å². The van der Waals surface area contributed by atoms with Crippen molar-refractivity contribution in [3.05, 3.63) is 53.5 Å². The Bertz CT molecular complexity index is 1480. The molecule has 11 nitrogen and oxygen atoms in total. The highest BCUT2D eigenvalue weighted by molar-refractivity contribution is 6.13. The van der Waals surface area contributed by atoms with E-state index in [2.05, 4.69) is 35.7 Å². The molecule has 2 unspecified atom stereocenters. The van der Waals surface area contributed by atoms with Gasteiger partial charge in [0.1, 0.15) is 12.1 Å². The molecular weight excluding hydrogens is 508 g/mol. The van der Waals surface area contributed by atoms with E-state index < -0.39 is 5.91 Å². The summed E-state index contributed by atoms with van der Waals surface area (Å²) in [5.74, 6) is 0.154. The van der Waals surface area contributed by atoms with E-state index in [1.807, 2.05) is 19.9 Å². The highest BCUT2D eigenvalue weighted by Crippen LogP contribution is 2.34. The number of amides is 3. The van der Waals surface area contributed by atoms with Crippen molar-refractivity contribution in [2.75, 3.05) is 38.2 Å². The number of carbonyl (C=O) groups is 3. The minimum Gasteiger partial charge on any atom is -0.383 e. The monoisotopic (exact) mass is 546 g/mol. The lowest BCUT2D eigenvalue weighted by Crippen LogP contribution is -2.45.